The fourth-order valence-corrected chi connectivity index (χ4v) is 2.07. The smallest absolute Gasteiger partial charge is 0.241 e. The maximum absolute atomic E-state index is 11.9. The molecule has 0 aromatic heterocycles. The van der Waals surface area contributed by atoms with E-state index in [0.717, 1.165) is 12.1 Å². The topological polar surface area (TPSA) is 55.1 Å². The first-order valence-corrected chi connectivity index (χ1v) is 6.09. The Kier molecular flexibility index (Phi) is 3.20. The first-order valence-electron chi connectivity index (χ1n) is 6.09. The first kappa shape index (κ1) is 12.1. The van der Waals surface area contributed by atoms with Crippen LogP contribution >= 0.6 is 0 Å². The number of rotatable bonds is 4. The predicted octanol–water partition coefficient (Wildman–Crippen LogP) is 1.85. The quantitative estimate of drug-likeness (QED) is 0.832. The van der Waals surface area contributed by atoms with Crippen molar-refractivity contribution in [3.05, 3.63) is 35.9 Å². The molecule has 17 heavy (non-hydrogen) atoms. The van der Waals surface area contributed by atoms with Gasteiger partial charge in [-0.15, -0.1) is 0 Å². The maximum Gasteiger partial charge on any atom is 0.241 e. The molecule has 2 rings (SSSR count). The van der Waals surface area contributed by atoms with Crippen molar-refractivity contribution in [2.75, 3.05) is 6.54 Å². The van der Waals surface area contributed by atoms with Crippen molar-refractivity contribution in [2.24, 2.45) is 17.1 Å². The van der Waals surface area contributed by atoms with Gasteiger partial charge in [-0.25, -0.2) is 0 Å². The third-order valence-corrected chi connectivity index (χ3v) is 3.68. The molecule has 0 aliphatic heterocycles. The average Bonchev–Trinajstić information content (AvgIpc) is 2.94. The van der Waals surface area contributed by atoms with E-state index < -0.39 is 6.04 Å². The number of carbonyl (C=O) groups is 1. The Morgan fingerprint density at radius 1 is 1.47 bits per heavy atom. The van der Waals surface area contributed by atoms with Gasteiger partial charge in [0.25, 0.3) is 0 Å². The molecule has 1 aromatic carbocycles. The molecule has 0 spiro atoms. The van der Waals surface area contributed by atoms with E-state index in [2.05, 4.69) is 19.2 Å². The summed E-state index contributed by atoms with van der Waals surface area (Å²) in [5.41, 5.74) is 7.15. The average molecular weight is 232 g/mol. The Hall–Kier alpha value is -1.35. The standard InChI is InChI=1S/C14H20N2O/c1-14(2)8-11(14)9-16-13(17)12(15)10-6-4-3-5-7-10/h3-7,11-12H,8-9,15H2,1-2H3,(H,16,17). The van der Waals surface area contributed by atoms with E-state index in [0.29, 0.717) is 11.3 Å². The van der Waals surface area contributed by atoms with Crippen molar-refractivity contribution in [1.82, 2.24) is 5.32 Å². The summed E-state index contributed by atoms with van der Waals surface area (Å²) in [4.78, 5) is 11.9. The lowest BCUT2D eigenvalue weighted by atomic mass is 10.1. The van der Waals surface area contributed by atoms with Crippen LogP contribution in [0, 0.1) is 11.3 Å². The minimum atomic E-state index is -0.557. The molecule has 3 N–H and O–H groups in total. The van der Waals surface area contributed by atoms with Crippen LogP contribution in [0.25, 0.3) is 0 Å². The third kappa shape index (κ3) is 2.86. The summed E-state index contributed by atoms with van der Waals surface area (Å²) >= 11 is 0. The van der Waals surface area contributed by atoms with E-state index in [9.17, 15) is 4.79 Å². The molecule has 1 saturated carbocycles. The summed E-state index contributed by atoms with van der Waals surface area (Å²) in [5.74, 6) is 0.522. The van der Waals surface area contributed by atoms with Crippen LogP contribution in [0.2, 0.25) is 0 Å². The third-order valence-electron chi connectivity index (χ3n) is 3.68. The SMILES string of the molecule is CC1(C)CC1CNC(=O)C(N)c1ccccc1. The lowest BCUT2D eigenvalue weighted by Gasteiger charge is -2.13. The van der Waals surface area contributed by atoms with Gasteiger partial charge in [0.1, 0.15) is 6.04 Å². The summed E-state index contributed by atoms with van der Waals surface area (Å²) in [7, 11) is 0. The van der Waals surface area contributed by atoms with Crippen molar-refractivity contribution < 1.29 is 4.79 Å². The van der Waals surface area contributed by atoms with Crippen LogP contribution in [0.5, 0.6) is 0 Å². The van der Waals surface area contributed by atoms with E-state index in [4.69, 9.17) is 5.73 Å². The summed E-state index contributed by atoms with van der Waals surface area (Å²) < 4.78 is 0. The molecule has 1 fully saturated rings. The zero-order valence-corrected chi connectivity index (χ0v) is 10.4. The number of nitrogens with one attached hydrogen (secondary N) is 1. The molecular formula is C14H20N2O. The minimum Gasteiger partial charge on any atom is -0.354 e. The molecule has 0 heterocycles. The van der Waals surface area contributed by atoms with E-state index in [-0.39, 0.29) is 5.91 Å². The molecule has 3 heteroatoms. The lowest BCUT2D eigenvalue weighted by molar-refractivity contribution is -0.122. The fourth-order valence-electron chi connectivity index (χ4n) is 2.07. The van der Waals surface area contributed by atoms with Gasteiger partial charge in [0.15, 0.2) is 0 Å². The summed E-state index contributed by atoms with van der Waals surface area (Å²) in [6, 6.07) is 8.91. The second-order valence-electron chi connectivity index (χ2n) is 5.52. The Bertz CT molecular complexity index is 400. The Balaban J connectivity index is 1.84. The van der Waals surface area contributed by atoms with E-state index in [1.165, 1.54) is 6.42 Å². The second-order valence-corrected chi connectivity index (χ2v) is 5.52. The van der Waals surface area contributed by atoms with Crippen LogP contribution < -0.4 is 11.1 Å². The molecule has 1 aliphatic carbocycles. The van der Waals surface area contributed by atoms with Crippen LogP contribution in [0.15, 0.2) is 30.3 Å². The van der Waals surface area contributed by atoms with Crippen LogP contribution in [0.3, 0.4) is 0 Å². The number of hydrogen-bond donors (Lipinski definition) is 2. The van der Waals surface area contributed by atoms with Gasteiger partial charge >= 0.3 is 0 Å². The fraction of sp³-hybridized carbons (Fsp3) is 0.500. The summed E-state index contributed by atoms with van der Waals surface area (Å²) in [5, 5.41) is 2.93. The van der Waals surface area contributed by atoms with Crippen LogP contribution in [-0.2, 0) is 4.79 Å². The molecule has 2 atom stereocenters. The molecule has 1 aliphatic rings. The zero-order valence-electron chi connectivity index (χ0n) is 10.4. The van der Waals surface area contributed by atoms with Crippen LogP contribution in [-0.4, -0.2) is 12.5 Å². The van der Waals surface area contributed by atoms with Crippen molar-refractivity contribution in [3.63, 3.8) is 0 Å². The highest BCUT2D eigenvalue weighted by Crippen LogP contribution is 2.50. The Morgan fingerprint density at radius 2 is 2.06 bits per heavy atom. The Morgan fingerprint density at radius 3 is 2.59 bits per heavy atom. The predicted molar refractivity (Wildman–Crippen MR) is 68.3 cm³/mol. The van der Waals surface area contributed by atoms with E-state index >= 15 is 0 Å². The van der Waals surface area contributed by atoms with Gasteiger partial charge in [-0.3, -0.25) is 4.79 Å². The van der Waals surface area contributed by atoms with Crippen LogP contribution in [0.1, 0.15) is 31.9 Å². The van der Waals surface area contributed by atoms with Crippen LogP contribution in [0.4, 0.5) is 0 Å². The number of amides is 1. The highest BCUT2D eigenvalue weighted by Gasteiger charge is 2.45. The van der Waals surface area contributed by atoms with Gasteiger partial charge in [-0.1, -0.05) is 44.2 Å². The number of carbonyl (C=O) groups excluding carboxylic acids is 1. The van der Waals surface area contributed by atoms with Crippen molar-refractivity contribution >= 4 is 5.91 Å². The van der Waals surface area contributed by atoms with Gasteiger partial charge in [-0.05, 0) is 23.3 Å². The van der Waals surface area contributed by atoms with Gasteiger partial charge in [0.05, 0.1) is 0 Å². The minimum absolute atomic E-state index is 0.0844. The van der Waals surface area contributed by atoms with Gasteiger partial charge in [0, 0.05) is 6.54 Å². The van der Waals surface area contributed by atoms with Crippen molar-refractivity contribution in [3.8, 4) is 0 Å². The maximum atomic E-state index is 11.9. The summed E-state index contributed by atoms with van der Waals surface area (Å²) in [6.07, 6.45) is 1.19. The molecule has 1 amide bonds. The lowest BCUT2D eigenvalue weighted by Crippen LogP contribution is -2.35. The highest BCUT2D eigenvalue weighted by atomic mass is 16.2. The Labute approximate surface area is 102 Å². The molecule has 0 bridgehead atoms. The van der Waals surface area contributed by atoms with E-state index in [1.54, 1.807) is 0 Å². The monoisotopic (exact) mass is 232 g/mol. The van der Waals surface area contributed by atoms with Crippen molar-refractivity contribution in [2.45, 2.75) is 26.3 Å². The number of benzene rings is 1. The first-order chi connectivity index (χ1) is 8.00. The number of hydrogen-bond acceptors (Lipinski definition) is 2. The summed E-state index contributed by atoms with van der Waals surface area (Å²) in [6.45, 7) is 5.19. The largest absolute Gasteiger partial charge is 0.354 e. The molecule has 2 unspecified atom stereocenters. The zero-order chi connectivity index (χ0) is 12.5. The van der Waals surface area contributed by atoms with E-state index in [1.807, 2.05) is 30.3 Å². The highest BCUT2D eigenvalue weighted by molar-refractivity contribution is 5.82. The molecule has 92 valence electrons. The molecule has 3 nitrogen and oxygen atoms in total. The molecular weight excluding hydrogens is 212 g/mol. The number of nitrogens with two attached hydrogens (primary N) is 1. The van der Waals surface area contributed by atoms with Gasteiger partial charge in [0.2, 0.25) is 5.91 Å². The molecule has 0 radical (unpaired) electrons. The van der Waals surface area contributed by atoms with Gasteiger partial charge in [-0.2, -0.15) is 0 Å². The van der Waals surface area contributed by atoms with Crippen molar-refractivity contribution in [1.29, 1.82) is 0 Å². The second kappa shape index (κ2) is 4.49. The molecule has 0 saturated heterocycles. The normalized spacial score (nSPS) is 22.9. The van der Waals surface area contributed by atoms with Gasteiger partial charge < -0.3 is 11.1 Å². The molecule has 1 aromatic rings.